The van der Waals surface area contributed by atoms with Crippen LogP contribution in [0.5, 0.6) is 0 Å². The van der Waals surface area contributed by atoms with Gasteiger partial charge in [0.2, 0.25) is 0 Å². The lowest BCUT2D eigenvalue weighted by Crippen LogP contribution is -2.20. The van der Waals surface area contributed by atoms with Crippen LogP contribution in [0.4, 0.5) is 0 Å². The van der Waals surface area contributed by atoms with E-state index >= 15 is 0 Å². The molecule has 1 heterocycles. The second kappa shape index (κ2) is 4.70. The van der Waals surface area contributed by atoms with Gasteiger partial charge < -0.3 is 9.47 Å². The van der Waals surface area contributed by atoms with Crippen LogP contribution in [0.2, 0.25) is 0 Å². The van der Waals surface area contributed by atoms with E-state index in [0.717, 1.165) is 16.7 Å². The van der Waals surface area contributed by atoms with Crippen molar-refractivity contribution in [2.24, 2.45) is 5.92 Å². The van der Waals surface area contributed by atoms with Gasteiger partial charge in [-0.3, -0.25) is 0 Å². The summed E-state index contributed by atoms with van der Waals surface area (Å²) in [6.07, 6.45) is 0. The van der Waals surface area contributed by atoms with Crippen molar-refractivity contribution < 1.29 is 9.47 Å². The predicted octanol–water partition coefficient (Wildman–Crippen LogP) is 3.37. The Hall–Kier alpha value is -2.15. The molecule has 2 aliphatic rings. The molecule has 0 saturated heterocycles. The third-order valence-corrected chi connectivity index (χ3v) is 4.41. The fourth-order valence-corrected chi connectivity index (χ4v) is 3.21. The number of hydrogen-bond acceptors (Lipinski definition) is 3. The Morgan fingerprint density at radius 2 is 1.48 bits per heavy atom. The smallest absolute Gasteiger partial charge is 0.194 e. The quantitative estimate of drug-likeness (QED) is 0.802. The molecule has 0 amide bonds. The molecule has 0 unspecified atom stereocenters. The van der Waals surface area contributed by atoms with E-state index in [2.05, 4.69) is 18.2 Å². The Kier molecular flexibility index (Phi) is 2.81. The van der Waals surface area contributed by atoms with Gasteiger partial charge in [0.25, 0.3) is 0 Å². The van der Waals surface area contributed by atoms with Crippen molar-refractivity contribution in [3.05, 3.63) is 71.3 Å². The van der Waals surface area contributed by atoms with Crippen molar-refractivity contribution in [1.29, 1.82) is 5.26 Å². The van der Waals surface area contributed by atoms with Crippen LogP contribution in [0, 0.1) is 17.2 Å². The summed E-state index contributed by atoms with van der Waals surface area (Å²) in [4.78, 5) is 0. The number of nitriles is 1. The average molecular weight is 277 g/mol. The summed E-state index contributed by atoms with van der Waals surface area (Å²) in [5.74, 6) is -1.03. The molecule has 1 spiro atoms. The first kappa shape index (κ1) is 12.6. The second-order valence-corrected chi connectivity index (χ2v) is 5.56. The van der Waals surface area contributed by atoms with Gasteiger partial charge in [0.15, 0.2) is 5.79 Å². The van der Waals surface area contributed by atoms with E-state index in [1.807, 2.05) is 42.5 Å². The van der Waals surface area contributed by atoms with Gasteiger partial charge in [-0.15, -0.1) is 0 Å². The fraction of sp³-hybridized carbons (Fsp3) is 0.278. The lowest BCUT2D eigenvalue weighted by molar-refractivity contribution is -0.183. The first-order valence-electron chi connectivity index (χ1n) is 7.14. The highest BCUT2D eigenvalue weighted by molar-refractivity contribution is 5.38. The normalized spacial score (nSPS) is 25.7. The molecule has 1 saturated carbocycles. The van der Waals surface area contributed by atoms with Gasteiger partial charge >= 0.3 is 0 Å². The highest BCUT2D eigenvalue weighted by Gasteiger charge is 2.69. The van der Waals surface area contributed by atoms with Crippen LogP contribution in [0.15, 0.2) is 54.6 Å². The molecular weight excluding hydrogens is 262 g/mol. The molecule has 1 fully saturated rings. The molecule has 1 aliphatic carbocycles. The summed E-state index contributed by atoms with van der Waals surface area (Å²) in [7, 11) is 0. The molecule has 3 heteroatoms. The Morgan fingerprint density at radius 1 is 0.905 bits per heavy atom. The molecule has 0 N–H and O–H groups in total. The van der Waals surface area contributed by atoms with E-state index in [1.165, 1.54) is 0 Å². The van der Waals surface area contributed by atoms with Crippen molar-refractivity contribution in [2.75, 3.05) is 0 Å². The van der Waals surface area contributed by atoms with Gasteiger partial charge in [-0.25, -0.2) is 0 Å². The topological polar surface area (TPSA) is 42.2 Å². The van der Waals surface area contributed by atoms with Crippen LogP contribution < -0.4 is 0 Å². The minimum Gasteiger partial charge on any atom is -0.343 e. The first-order valence-corrected chi connectivity index (χ1v) is 7.14. The van der Waals surface area contributed by atoms with E-state index in [1.54, 1.807) is 0 Å². The summed E-state index contributed by atoms with van der Waals surface area (Å²) in [5, 5.41) is 9.45. The zero-order valence-corrected chi connectivity index (χ0v) is 11.5. The average Bonchev–Trinajstić information content (AvgIpc) is 3.24. The van der Waals surface area contributed by atoms with E-state index in [-0.39, 0.29) is 11.8 Å². The molecule has 2 aromatic rings. The molecule has 21 heavy (non-hydrogen) atoms. The van der Waals surface area contributed by atoms with Gasteiger partial charge in [0.05, 0.1) is 25.2 Å². The predicted molar refractivity (Wildman–Crippen MR) is 77.0 cm³/mol. The Labute approximate surface area is 123 Å². The van der Waals surface area contributed by atoms with E-state index in [0.29, 0.717) is 13.2 Å². The monoisotopic (exact) mass is 277 g/mol. The summed E-state index contributed by atoms with van der Waals surface area (Å²) in [6, 6.07) is 20.5. The maximum absolute atomic E-state index is 9.45. The van der Waals surface area contributed by atoms with Gasteiger partial charge in [-0.2, -0.15) is 5.26 Å². The van der Waals surface area contributed by atoms with Crippen LogP contribution >= 0.6 is 0 Å². The Balaban J connectivity index is 1.66. The molecule has 3 nitrogen and oxygen atoms in total. The number of rotatable bonds is 1. The van der Waals surface area contributed by atoms with Crippen LogP contribution in [0.3, 0.4) is 0 Å². The van der Waals surface area contributed by atoms with Crippen molar-refractivity contribution in [1.82, 2.24) is 0 Å². The SMILES string of the molecule is N#C[C@H]1[C@@H](c2ccccc2)C12OCc1ccccc1CO2. The Bertz CT molecular complexity index is 678. The number of fused-ring (bicyclic) bond motifs is 1. The summed E-state index contributed by atoms with van der Waals surface area (Å²) < 4.78 is 12.1. The fourth-order valence-electron chi connectivity index (χ4n) is 3.21. The Morgan fingerprint density at radius 3 is 2.05 bits per heavy atom. The number of hydrogen-bond donors (Lipinski definition) is 0. The molecule has 0 aromatic heterocycles. The van der Waals surface area contributed by atoms with Crippen LogP contribution in [0.25, 0.3) is 0 Å². The molecular formula is C18H15NO2. The summed E-state index contributed by atoms with van der Waals surface area (Å²) >= 11 is 0. The number of nitrogens with zero attached hydrogens (tertiary/aromatic N) is 1. The molecule has 2 atom stereocenters. The number of ether oxygens (including phenoxy) is 2. The minimum atomic E-state index is -0.783. The van der Waals surface area contributed by atoms with E-state index < -0.39 is 5.79 Å². The molecule has 0 bridgehead atoms. The van der Waals surface area contributed by atoms with Gasteiger partial charge in [-0.05, 0) is 16.7 Å². The highest BCUT2D eigenvalue weighted by Crippen LogP contribution is 2.61. The molecule has 1 aliphatic heterocycles. The van der Waals surface area contributed by atoms with Crippen LogP contribution in [-0.4, -0.2) is 5.79 Å². The maximum Gasteiger partial charge on any atom is 0.194 e. The molecule has 4 rings (SSSR count). The van der Waals surface area contributed by atoms with Crippen LogP contribution in [-0.2, 0) is 22.7 Å². The van der Waals surface area contributed by atoms with Crippen molar-refractivity contribution >= 4 is 0 Å². The molecule has 104 valence electrons. The summed E-state index contributed by atoms with van der Waals surface area (Å²) in [6.45, 7) is 0.995. The van der Waals surface area contributed by atoms with Crippen molar-refractivity contribution in [2.45, 2.75) is 24.9 Å². The van der Waals surface area contributed by atoms with Gasteiger partial charge in [-0.1, -0.05) is 54.6 Å². The first-order chi connectivity index (χ1) is 10.3. The van der Waals surface area contributed by atoms with E-state index in [9.17, 15) is 5.26 Å². The molecule has 0 radical (unpaired) electrons. The zero-order chi connectivity index (χ0) is 14.3. The lowest BCUT2D eigenvalue weighted by atomic mass is 10.1. The largest absolute Gasteiger partial charge is 0.343 e. The third-order valence-electron chi connectivity index (χ3n) is 4.41. The third kappa shape index (κ3) is 1.88. The summed E-state index contributed by atoms with van der Waals surface area (Å²) in [5.41, 5.74) is 3.39. The zero-order valence-electron chi connectivity index (χ0n) is 11.5. The van der Waals surface area contributed by atoms with Crippen LogP contribution in [0.1, 0.15) is 22.6 Å². The van der Waals surface area contributed by atoms with Crippen molar-refractivity contribution in [3.8, 4) is 6.07 Å². The lowest BCUT2D eigenvalue weighted by Gasteiger charge is -2.16. The highest BCUT2D eigenvalue weighted by atomic mass is 16.7. The standard InChI is InChI=1S/C18H15NO2/c19-10-16-17(13-6-2-1-3-7-13)18(16)20-11-14-8-4-5-9-15(14)12-21-18/h1-9,16-17H,11-12H2/t16-,17+/m0/s1. The molecule has 2 aromatic carbocycles. The maximum atomic E-state index is 9.45. The second-order valence-electron chi connectivity index (χ2n) is 5.56. The minimum absolute atomic E-state index is 0.00184. The van der Waals surface area contributed by atoms with Gasteiger partial charge in [0.1, 0.15) is 5.92 Å². The number of benzene rings is 2. The van der Waals surface area contributed by atoms with Gasteiger partial charge in [0, 0.05) is 0 Å². The van der Waals surface area contributed by atoms with E-state index in [4.69, 9.17) is 9.47 Å². The van der Waals surface area contributed by atoms with Crippen molar-refractivity contribution in [3.63, 3.8) is 0 Å².